The maximum absolute atomic E-state index is 11.7. The summed E-state index contributed by atoms with van der Waals surface area (Å²) < 4.78 is 4.82. The van der Waals surface area contributed by atoms with Gasteiger partial charge >= 0.3 is 5.97 Å². The smallest absolute Gasteiger partial charge is 0.323 e. The molecule has 1 aliphatic rings. The van der Waals surface area contributed by atoms with E-state index in [2.05, 4.69) is 20.6 Å². The molecule has 0 spiro atoms. The number of nitrogens with one attached hydrogen (secondary N) is 3. The Bertz CT molecular complexity index is 346. The zero-order valence-corrected chi connectivity index (χ0v) is 9.90. The normalized spacial score (nSPS) is 21.4. The van der Waals surface area contributed by atoms with Crippen LogP contribution in [0.2, 0.25) is 0 Å². The summed E-state index contributed by atoms with van der Waals surface area (Å²) in [5.74, 6) is -0.230. The fourth-order valence-electron chi connectivity index (χ4n) is 2.05. The summed E-state index contributed by atoms with van der Waals surface area (Å²) >= 11 is 0. The van der Waals surface area contributed by atoms with Crippen LogP contribution >= 0.6 is 0 Å². The van der Waals surface area contributed by atoms with Gasteiger partial charge in [-0.3, -0.25) is 10.1 Å². The van der Waals surface area contributed by atoms with Crippen molar-refractivity contribution in [3.63, 3.8) is 0 Å². The third kappa shape index (κ3) is 3.28. The fourth-order valence-corrected chi connectivity index (χ4v) is 2.05. The maximum Gasteiger partial charge on any atom is 0.323 e. The van der Waals surface area contributed by atoms with Gasteiger partial charge in [-0.15, -0.1) is 0 Å². The highest BCUT2D eigenvalue weighted by atomic mass is 16.5. The van der Waals surface area contributed by atoms with Crippen molar-refractivity contribution in [2.75, 3.05) is 20.2 Å². The molecule has 17 heavy (non-hydrogen) atoms. The van der Waals surface area contributed by atoms with Gasteiger partial charge in [-0.05, 0) is 13.0 Å². The Kier molecular flexibility index (Phi) is 4.11. The number of carbonyl (C=O) groups excluding carboxylic acids is 1. The van der Waals surface area contributed by atoms with E-state index in [0.717, 1.165) is 25.2 Å². The first-order chi connectivity index (χ1) is 8.29. The summed E-state index contributed by atoms with van der Waals surface area (Å²) in [4.78, 5) is 18.6. The largest absolute Gasteiger partial charge is 0.468 e. The molecule has 0 saturated carbocycles. The van der Waals surface area contributed by atoms with E-state index in [1.165, 1.54) is 7.11 Å². The number of aromatic nitrogens is 2. The van der Waals surface area contributed by atoms with Crippen LogP contribution in [0.15, 0.2) is 12.5 Å². The van der Waals surface area contributed by atoms with Gasteiger partial charge in [0.15, 0.2) is 0 Å². The summed E-state index contributed by atoms with van der Waals surface area (Å²) in [6.07, 6.45) is 4.95. The standard InChI is InChI=1S/C11H18N4O2/c1-17-11(16)10(4-9-6-13-7-14-9)15-8-2-3-12-5-8/h6-8,10,12,15H,2-5H2,1H3,(H,13,14)/t8?,10-/m0/s1. The van der Waals surface area contributed by atoms with Crippen LogP contribution in [0.5, 0.6) is 0 Å². The van der Waals surface area contributed by atoms with Gasteiger partial charge in [0.2, 0.25) is 0 Å². The number of esters is 1. The molecule has 6 nitrogen and oxygen atoms in total. The highest BCUT2D eigenvalue weighted by Gasteiger charge is 2.25. The predicted octanol–water partition coefficient (Wildman–Crippen LogP) is -0.555. The van der Waals surface area contributed by atoms with Crippen molar-refractivity contribution in [2.24, 2.45) is 0 Å². The third-order valence-electron chi connectivity index (χ3n) is 2.96. The summed E-state index contributed by atoms with van der Waals surface area (Å²) in [5, 5.41) is 6.58. The number of hydrogen-bond donors (Lipinski definition) is 3. The molecule has 94 valence electrons. The minimum absolute atomic E-state index is 0.230. The van der Waals surface area contributed by atoms with E-state index in [0.29, 0.717) is 12.5 Å². The second-order valence-electron chi connectivity index (χ2n) is 4.21. The van der Waals surface area contributed by atoms with E-state index in [1.54, 1.807) is 12.5 Å². The molecule has 1 aromatic heterocycles. The Labute approximate surface area is 100 Å². The maximum atomic E-state index is 11.7. The van der Waals surface area contributed by atoms with E-state index in [9.17, 15) is 4.79 Å². The van der Waals surface area contributed by atoms with Crippen LogP contribution in [0.1, 0.15) is 12.1 Å². The van der Waals surface area contributed by atoms with Crippen LogP contribution < -0.4 is 10.6 Å². The van der Waals surface area contributed by atoms with Gasteiger partial charge in [-0.25, -0.2) is 4.98 Å². The number of H-pyrrole nitrogens is 1. The summed E-state index contributed by atoms with van der Waals surface area (Å²) in [7, 11) is 1.41. The molecule has 0 radical (unpaired) electrons. The molecule has 2 atom stereocenters. The number of rotatable bonds is 5. The summed E-state index contributed by atoms with van der Waals surface area (Å²) in [5.41, 5.74) is 0.929. The summed E-state index contributed by atoms with van der Waals surface area (Å²) in [6, 6.07) is 0.0207. The van der Waals surface area contributed by atoms with Crippen LogP contribution in [0.4, 0.5) is 0 Å². The van der Waals surface area contributed by atoms with E-state index >= 15 is 0 Å². The first kappa shape index (κ1) is 12.1. The van der Waals surface area contributed by atoms with E-state index in [1.807, 2.05) is 0 Å². The molecule has 2 rings (SSSR count). The summed E-state index contributed by atoms with van der Waals surface area (Å²) in [6.45, 7) is 1.89. The Morgan fingerprint density at radius 2 is 2.65 bits per heavy atom. The first-order valence-corrected chi connectivity index (χ1v) is 5.81. The van der Waals surface area contributed by atoms with Crippen molar-refractivity contribution in [1.29, 1.82) is 0 Å². The van der Waals surface area contributed by atoms with Crippen LogP contribution in [0.25, 0.3) is 0 Å². The van der Waals surface area contributed by atoms with Crippen molar-refractivity contribution in [3.8, 4) is 0 Å². The van der Waals surface area contributed by atoms with Crippen molar-refractivity contribution >= 4 is 5.97 Å². The number of imidazole rings is 1. The van der Waals surface area contributed by atoms with Crippen LogP contribution in [0, 0.1) is 0 Å². The van der Waals surface area contributed by atoms with Gasteiger partial charge in [-0.1, -0.05) is 0 Å². The fraction of sp³-hybridized carbons (Fsp3) is 0.636. The van der Waals surface area contributed by atoms with Gasteiger partial charge in [0.05, 0.1) is 13.4 Å². The number of carbonyl (C=O) groups is 1. The molecule has 2 heterocycles. The predicted molar refractivity (Wildman–Crippen MR) is 62.5 cm³/mol. The van der Waals surface area contributed by atoms with Crippen molar-refractivity contribution in [3.05, 3.63) is 18.2 Å². The lowest BCUT2D eigenvalue weighted by atomic mass is 10.1. The lowest BCUT2D eigenvalue weighted by Crippen LogP contribution is -2.46. The van der Waals surface area contributed by atoms with Gasteiger partial charge in [-0.2, -0.15) is 0 Å². The third-order valence-corrected chi connectivity index (χ3v) is 2.96. The number of methoxy groups -OCH3 is 1. The molecule has 0 bridgehead atoms. The molecule has 1 aromatic rings. The average molecular weight is 238 g/mol. The molecule has 0 aromatic carbocycles. The Balaban J connectivity index is 1.94. The number of aromatic amines is 1. The Morgan fingerprint density at radius 3 is 3.24 bits per heavy atom. The van der Waals surface area contributed by atoms with Crippen LogP contribution in [0.3, 0.4) is 0 Å². The SMILES string of the molecule is COC(=O)[C@H](Cc1cnc[nH]1)NC1CCNC1. The van der Waals surface area contributed by atoms with E-state index < -0.39 is 0 Å². The molecule has 1 aliphatic heterocycles. The minimum atomic E-state index is -0.314. The second kappa shape index (κ2) is 5.79. The average Bonchev–Trinajstić information content (AvgIpc) is 3.00. The quantitative estimate of drug-likeness (QED) is 0.600. The van der Waals surface area contributed by atoms with E-state index in [-0.39, 0.29) is 12.0 Å². The second-order valence-corrected chi connectivity index (χ2v) is 4.21. The van der Waals surface area contributed by atoms with E-state index in [4.69, 9.17) is 4.74 Å². The number of hydrogen-bond acceptors (Lipinski definition) is 5. The highest BCUT2D eigenvalue weighted by molar-refractivity contribution is 5.76. The lowest BCUT2D eigenvalue weighted by molar-refractivity contribution is -0.143. The lowest BCUT2D eigenvalue weighted by Gasteiger charge is -2.19. The van der Waals surface area contributed by atoms with Gasteiger partial charge < -0.3 is 15.0 Å². The number of ether oxygens (including phenoxy) is 1. The minimum Gasteiger partial charge on any atom is -0.468 e. The molecule has 6 heteroatoms. The molecule has 1 saturated heterocycles. The molecule has 0 amide bonds. The van der Waals surface area contributed by atoms with Crippen molar-refractivity contribution < 1.29 is 9.53 Å². The molecule has 1 unspecified atom stereocenters. The van der Waals surface area contributed by atoms with Crippen molar-refractivity contribution in [2.45, 2.75) is 24.9 Å². The molecule has 3 N–H and O–H groups in total. The molecular weight excluding hydrogens is 220 g/mol. The van der Waals surface area contributed by atoms with Gasteiger partial charge in [0, 0.05) is 30.9 Å². The Hall–Kier alpha value is -1.40. The zero-order chi connectivity index (χ0) is 12.1. The van der Waals surface area contributed by atoms with Crippen molar-refractivity contribution in [1.82, 2.24) is 20.6 Å². The van der Waals surface area contributed by atoms with Crippen LogP contribution in [-0.4, -0.2) is 48.2 Å². The molecular formula is C11H18N4O2. The number of nitrogens with zero attached hydrogens (tertiary/aromatic N) is 1. The van der Waals surface area contributed by atoms with Gasteiger partial charge in [0.1, 0.15) is 6.04 Å². The zero-order valence-electron chi connectivity index (χ0n) is 9.90. The molecule has 1 fully saturated rings. The monoisotopic (exact) mass is 238 g/mol. The topological polar surface area (TPSA) is 79.0 Å². The van der Waals surface area contributed by atoms with Gasteiger partial charge in [0.25, 0.3) is 0 Å². The first-order valence-electron chi connectivity index (χ1n) is 5.81. The molecule has 0 aliphatic carbocycles. The highest BCUT2D eigenvalue weighted by Crippen LogP contribution is 2.05. The van der Waals surface area contributed by atoms with Crippen LogP contribution in [-0.2, 0) is 16.0 Å². The Morgan fingerprint density at radius 1 is 1.76 bits per heavy atom.